The Hall–Kier alpha value is -1.75. The number of pyridine rings is 1. The maximum Gasteiger partial charge on any atom is 0.0698 e. The Kier molecular flexibility index (Phi) is 3.89. The van der Waals surface area contributed by atoms with E-state index in [1.165, 1.54) is 20.5 Å². The van der Waals surface area contributed by atoms with E-state index < -0.39 is 0 Å². The number of piperazine rings is 1. The largest absolute Gasteiger partial charge is 0.314 e. The molecule has 0 bridgehead atoms. The molecule has 1 N–H and O–H groups in total. The maximum atomic E-state index is 4.18. The predicted octanol–water partition coefficient (Wildman–Crippen LogP) is 3.29. The number of fused-ring (bicyclic) bond motifs is 1. The highest BCUT2D eigenvalue weighted by molar-refractivity contribution is 7.19. The minimum absolute atomic E-state index is 0.336. The molecule has 0 saturated carbocycles. The summed E-state index contributed by atoms with van der Waals surface area (Å²) in [6.45, 7) is 4.29. The second kappa shape index (κ2) is 6.16. The molecule has 1 atom stereocenters. The van der Waals surface area contributed by atoms with Crippen LogP contribution in [-0.2, 0) is 0 Å². The molecule has 1 saturated heterocycles. The molecule has 112 valence electrons. The highest BCUT2D eigenvalue weighted by Gasteiger charge is 2.25. The van der Waals surface area contributed by atoms with Crippen molar-refractivity contribution in [1.82, 2.24) is 15.2 Å². The maximum absolute atomic E-state index is 4.18. The molecule has 22 heavy (non-hydrogen) atoms. The predicted molar refractivity (Wildman–Crippen MR) is 92.3 cm³/mol. The average molecular weight is 309 g/mol. The van der Waals surface area contributed by atoms with Crippen LogP contribution in [0.5, 0.6) is 0 Å². The molecule has 0 spiro atoms. The van der Waals surface area contributed by atoms with E-state index in [9.17, 15) is 0 Å². The van der Waals surface area contributed by atoms with Crippen LogP contribution in [-0.4, -0.2) is 36.1 Å². The Morgan fingerprint density at radius 1 is 1.05 bits per heavy atom. The number of nitrogens with one attached hydrogen (secondary N) is 1. The first-order valence-electron chi connectivity index (χ1n) is 7.75. The number of aromatic nitrogens is 1. The number of thiophene rings is 1. The van der Waals surface area contributed by atoms with Gasteiger partial charge in [0.25, 0.3) is 0 Å². The van der Waals surface area contributed by atoms with Crippen molar-refractivity contribution in [3.63, 3.8) is 0 Å². The fraction of sp³-hybridized carbons (Fsp3) is 0.278. The normalized spacial score (nSPS) is 17.6. The Morgan fingerprint density at radius 3 is 2.59 bits per heavy atom. The molecular weight excluding hydrogens is 290 g/mol. The highest BCUT2D eigenvalue weighted by atomic mass is 32.1. The lowest BCUT2D eigenvalue weighted by atomic mass is 10.0. The van der Waals surface area contributed by atoms with Gasteiger partial charge in [-0.2, -0.15) is 0 Å². The fourth-order valence-corrected chi connectivity index (χ4v) is 4.41. The van der Waals surface area contributed by atoms with Gasteiger partial charge in [-0.3, -0.25) is 9.88 Å². The van der Waals surface area contributed by atoms with Crippen molar-refractivity contribution in [2.24, 2.45) is 0 Å². The van der Waals surface area contributed by atoms with Crippen molar-refractivity contribution in [3.8, 4) is 0 Å². The zero-order valence-corrected chi connectivity index (χ0v) is 13.2. The summed E-state index contributed by atoms with van der Waals surface area (Å²) in [7, 11) is 0. The molecule has 1 aliphatic heterocycles. The lowest BCUT2D eigenvalue weighted by molar-refractivity contribution is 0.200. The van der Waals surface area contributed by atoms with Crippen molar-refractivity contribution in [2.45, 2.75) is 6.04 Å². The summed E-state index contributed by atoms with van der Waals surface area (Å²) in [6, 6.07) is 15.6. The van der Waals surface area contributed by atoms with E-state index in [0.29, 0.717) is 6.04 Å². The summed E-state index contributed by atoms with van der Waals surface area (Å²) >= 11 is 1.91. The molecule has 0 radical (unpaired) electrons. The van der Waals surface area contributed by atoms with Crippen LogP contribution < -0.4 is 5.32 Å². The van der Waals surface area contributed by atoms with E-state index in [2.05, 4.69) is 57.7 Å². The number of benzene rings is 1. The lowest BCUT2D eigenvalue weighted by Crippen LogP contribution is -2.45. The van der Waals surface area contributed by atoms with Crippen molar-refractivity contribution in [1.29, 1.82) is 0 Å². The second-order valence-corrected chi connectivity index (χ2v) is 6.77. The van der Waals surface area contributed by atoms with Crippen molar-refractivity contribution >= 4 is 21.4 Å². The zero-order valence-electron chi connectivity index (χ0n) is 12.4. The van der Waals surface area contributed by atoms with Crippen LogP contribution in [0.25, 0.3) is 10.1 Å². The van der Waals surface area contributed by atoms with Gasteiger partial charge in [-0.15, -0.1) is 11.3 Å². The van der Waals surface area contributed by atoms with E-state index in [-0.39, 0.29) is 0 Å². The van der Waals surface area contributed by atoms with Gasteiger partial charge in [-0.05, 0) is 35.2 Å². The molecule has 0 aliphatic carbocycles. The standard InChI is InChI=1S/C18H19N3S/c1-2-4-16-15(3-1)13-17(22-16)18(14-5-7-19-8-6-14)21-11-9-20-10-12-21/h1-8,13,18,20H,9-12H2. The van der Waals surface area contributed by atoms with E-state index in [4.69, 9.17) is 0 Å². The summed E-state index contributed by atoms with van der Waals surface area (Å²) in [5.74, 6) is 0. The van der Waals surface area contributed by atoms with Gasteiger partial charge in [0.1, 0.15) is 0 Å². The van der Waals surface area contributed by atoms with Gasteiger partial charge in [-0.25, -0.2) is 0 Å². The van der Waals surface area contributed by atoms with Crippen LogP contribution >= 0.6 is 11.3 Å². The third-order valence-corrected chi connectivity index (χ3v) is 5.42. The first-order chi connectivity index (χ1) is 10.9. The number of rotatable bonds is 3. The molecule has 1 aliphatic rings. The molecule has 1 unspecified atom stereocenters. The van der Waals surface area contributed by atoms with Crippen LogP contribution in [0.1, 0.15) is 16.5 Å². The first-order valence-corrected chi connectivity index (χ1v) is 8.56. The van der Waals surface area contributed by atoms with Gasteiger partial charge < -0.3 is 5.32 Å². The molecule has 0 amide bonds. The van der Waals surface area contributed by atoms with Gasteiger partial charge in [-0.1, -0.05) is 18.2 Å². The van der Waals surface area contributed by atoms with Crippen molar-refractivity contribution in [3.05, 3.63) is 65.3 Å². The third-order valence-electron chi connectivity index (χ3n) is 4.25. The summed E-state index contributed by atoms with van der Waals surface area (Å²) in [5.41, 5.74) is 1.34. The number of hydrogen-bond donors (Lipinski definition) is 1. The minimum Gasteiger partial charge on any atom is -0.314 e. The zero-order chi connectivity index (χ0) is 14.8. The van der Waals surface area contributed by atoms with Gasteiger partial charge in [0.2, 0.25) is 0 Å². The highest BCUT2D eigenvalue weighted by Crippen LogP contribution is 2.36. The van der Waals surface area contributed by atoms with Crippen LogP contribution in [0.4, 0.5) is 0 Å². The molecule has 3 aromatic rings. The van der Waals surface area contributed by atoms with E-state index in [1.807, 2.05) is 23.7 Å². The van der Waals surface area contributed by atoms with Crippen LogP contribution in [0.2, 0.25) is 0 Å². The van der Waals surface area contributed by atoms with Crippen LogP contribution in [0.15, 0.2) is 54.9 Å². The lowest BCUT2D eigenvalue weighted by Gasteiger charge is -2.34. The fourth-order valence-electron chi connectivity index (χ4n) is 3.18. The van der Waals surface area contributed by atoms with E-state index >= 15 is 0 Å². The molecule has 4 heteroatoms. The van der Waals surface area contributed by atoms with Gasteiger partial charge in [0.15, 0.2) is 0 Å². The summed E-state index contributed by atoms with van der Waals surface area (Å²) in [6.07, 6.45) is 3.80. The van der Waals surface area contributed by atoms with Gasteiger partial charge in [0, 0.05) is 48.1 Å². The van der Waals surface area contributed by atoms with Crippen LogP contribution in [0, 0.1) is 0 Å². The second-order valence-electron chi connectivity index (χ2n) is 5.66. The SMILES string of the molecule is c1ccc2sc(C(c3ccncc3)N3CCNCC3)cc2c1. The summed E-state index contributed by atoms with van der Waals surface area (Å²) < 4.78 is 1.37. The molecule has 4 rings (SSSR count). The first kappa shape index (κ1) is 13.9. The molecule has 2 aromatic heterocycles. The molecule has 1 aromatic carbocycles. The van der Waals surface area contributed by atoms with Crippen LogP contribution in [0.3, 0.4) is 0 Å². The van der Waals surface area contributed by atoms with Crippen molar-refractivity contribution in [2.75, 3.05) is 26.2 Å². The Balaban J connectivity index is 1.78. The average Bonchev–Trinajstić information content (AvgIpc) is 3.00. The molecule has 3 nitrogen and oxygen atoms in total. The van der Waals surface area contributed by atoms with E-state index in [0.717, 1.165) is 26.2 Å². The summed E-state index contributed by atoms with van der Waals surface area (Å²) in [5, 5.41) is 4.79. The van der Waals surface area contributed by atoms with Gasteiger partial charge >= 0.3 is 0 Å². The topological polar surface area (TPSA) is 28.2 Å². The van der Waals surface area contributed by atoms with E-state index in [1.54, 1.807) is 0 Å². The minimum atomic E-state index is 0.336. The number of nitrogens with zero attached hydrogens (tertiary/aromatic N) is 2. The number of hydrogen-bond acceptors (Lipinski definition) is 4. The molecule has 3 heterocycles. The Morgan fingerprint density at radius 2 is 1.82 bits per heavy atom. The summed E-state index contributed by atoms with van der Waals surface area (Å²) in [4.78, 5) is 8.19. The molecule has 1 fully saturated rings. The monoisotopic (exact) mass is 309 g/mol. The van der Waals surface area contributed by atoms with Gasteiger partial charge in [0.05, 0.1) is 6.04 Å². The van der Waals surface area contributed by atoms with Crippen molar-refractivity contribution < 1.29 is 0 Å². The third kappa shape index (κ3) is 2.65. The quantitative estimate of drug-likeness (QED) is 0.805. The Bertz CT molecular complexity index is 714. The smallest absolute Gasteiger partial charge is 0.0698 e. The Labute approximate surface area is 134 Å². The molecular formula is C18H19N3S.